The fourth-order valence-electron chi connectivity index (χ4n) is 0.661. The van der Waals surface area contributed by atoms with Crippen molar-refractivity contribution in [3.8, 4) is 0 Å². The summed E-state index contributed by atoms with van der Waals surface area (Å²) in [7, 11) is 1.37. The lowest BCUT2D eigenvalue weighted by atomic mass is 10.1. The van der Waals surface area contributed by atoms with Crippen LogP contribution in [0.1, 0.15) is 20.8 Å². The third kappa shape index (κ3) is 3.86. The van der Waals surface area contributed by atoms with Gasteiger partial charge in [0.25, 0.3) is 5.92 Å². The number of allylic oxidation sites excluding steroid dienone is 2. The van der Waals surface area contributed by atoms with Crippen molar-refractivity contribution in [2.45, 2.75) is 26.7 Å². The highest BCUT2D eigenvalue weighted by Gasteiger charge is 2.26. The number of rotatable bonds is 2. The first kappa shape index (κ1) is 10.3. The summed E-state index contributed by atoms with van der Waals surface area (Å²) in [6, 6.07) is 0. The Bertz CT molecular complexity index is 183. The second kappa shape index (κ2) is 3.60. The van der Waals surface area contributed by atoms with E-state index in [9.17, 15) is 8.78 Å². The number of alkyl halides is 2. The maximum absolute atomic E-state index is 12.6. The van der Waals surface area contributed by atoms with Crippen molar-refractivity contribution in [2.75, 3.05) is 7.05 Å². The van der Waals surface area contributed by atoms with Gasteiger partial charge in [0.2, 0.25) is 0 Å². The minimum atomic E-state index is -2.83. The Morgan fingerprint density at radius 3 is 1.91 bits per heavy atom. The van der Waals surface area contributed by atoms with E-state index in [4.69, 9.17) is 0 Å². The van der Waals surface area contributed by atoms with Crippen LogP contribution in [0.4, 0.5) is 8.78 Å². The van der Waals surface area contributed by atoms with Gasteiger partial charge in [-0.25, -0.2) is 0 Å². The van der Waals surface area contributed by atoms with Crippen molar-refractivity contribution in [3.05, 3.63) is 11.6 Å². The summed E-state index contributed by atoms with van der Waals surface area (Å²) in [5.41, 5.74) is 0.657. The quantitative estimate of drug-likeness (QED) is 0.552. The molecule has 0 saturated carbocycles. The monoisotopic (exact) mass is 161 g/mol. The summed E-state index contributed by atoms with van der Waals surface area (Å²) >= 11 is 0. The predicted molar refractivity (Wildman–Crippen MR) is 43.4 cm³/mol. The molecular weight excluding hydrogens is 148 g/mol. The first-order valence-electron chi connectivity index (χ1n) is 3.38. The molecule has 0 aliphatic heterocycles. The number of hydrogen-bond acceptors (Lipinski definition) is 1. The normalized spacial score (nSPS) is 13.1. The van der Waals surface area contributed by atoms with Gasteiger partial charge in [-0.05, 0) is 19.9 Å². The summed E-state index contributed by atoms with van der Waals surface area (Å²) in [5, 5.41) is 0. The van der Waals surface area contributed by atoms with Crippen LogP contribution in [0, 0.1) is 0 Å². The van der Waals surface area contributed by atoms with Gasteiger partial charge in [0, 0.05) is 14.0 Å². The fraction of sp³-hybridized carbons (Fsp3) is 0.625. The first-order chi connectivity index (χ1) is 4.88. The van der Waals surface area contributed by atoms with Crippen LogP contribution in [-0.2, 0) is 0 Å². The fourth-order valence-corrected chi connectivity index (χ4v) is 0.661. The predicted octanol–water partition coefficient (Wildman–Crippen LogP) is 2.68. The Labute approximate surface area is 65.8 Å². The molecule has 1 nitrogen and oxygen atoms in total. The zero-order valence-electron chi connectivity index (χ0n) is 7.28. The summed E-state index contributed by atoms with van der Waals surface area (Å²) < 4.78 is 25.1. The van der Waals surface area contributed by atoms with Gasteiger partial charge >= 0.3 is 0 Å². The second-order valence-corrected chi connectivity index (χ2v) is 2.72. The maximum atomic E-state index is 12.6. The molecule has 0 spiro atoms. The molecule has 0 aliphatic carbocycles. The number of hydrogen-bond donors (Lipinski definition) is 0. The van der Waals surface area contributed by atoms with Crippen LogP contribution in [0.15, 0.2) is 16.6 Å². The topological polar surface area (TPSA) is 12.4 Å². The Balaban J connectivity index is 4.60. The molecule has 3 heteroatoms. The van der Waals surface area contributed by atoms with Gasteiger partial charge in [0.05, 0.1) is 0 Å². The van der Waals surface area contributed by atoms with E-state index in [1.807, 2.05) is 0 Å². The van der Waals surface area contributed by atoms with Crippen LogP contribution in [0.5, 0.6) is 0 Å². The van der Waals surface area contributed by atoms with E-state index in [1.54, 1.807) is 13.8 Å². The molecule has 0 saturated heterocycles. The molecule has 64 valence electrons. The van der Waals surface area contributed by atoms with Crippen molar-refractivity contribution in [2.24, 2.45) is 4.99 Å². The third-order valence-corrected chi connectivity index (χ3v) is 1.12. The summed E-state index contributed by atoms with van der Waals surface area (Å²) in [6.45, 7) is 4.36. The molecule has 0 aromatic carbocycles. The van der Waals surface area contributed by atoms with Gasteiger partial charge in [-0.15, -0.1) is 0 Å². The van der Waals surface area contributed by atoms with E-state index in [2.05, 4.69) is 4.99 Å². The maximum Gasteiger partial charge on any atom is 0.286 e. The average molecular weight is 161 g/mol. The molecule has 11 heavy (non-hydrogen) atoms. The zero-order chi connectivity index (χ0) is 9.07. The molecule has 0 rings (SSSR count). The number of nitrogens with zero attached hydrogens (tertiary/aromatic N) is 1. The third-order valence-electron chi connectivity index (χ3n) is 1.12. The Hall–Kier alpha value is -0.730. The van der Waals surface area contributed by atoms with Crippen LogP contribution in [0.3, 0.4) is 0 Å². The lowest BCUT2D eigenvalue weighted by Gasteiger charge is -2.09. The van der Waals surface area contributed by atoms with E-state index in [0.29, 0.717) is 0 Å². The molecule has 0 N–H and O–H groups in total. The molecule has 0 aromatic heterocycles. The second-order valence-electron chi connectivity index (χ2n) is 2.72. The van der Waals surface area contributed by atoms with Crippen molar-refractivity contribution in [1.82, 2.24) is 0 Å². The van der Waals surface area contributed by atoms with E-state index in [-0.39, 0.29) is 5.71 Å². The smallest absolute Gasteiger partial charge is 0.286 e. The Morgan fingerprint density at radius 2 is 1.82 bits per heavy atom. The zero-order valence-corrected chi connectivity index (χ0v) is 7.28. The van der Waals surface area contributed by atoms with Gasteiger partial charge in [-0.3, -0.25) is 4.99 Å². The molecule has 0 aliphatic rings. The van der Waals surface area contributed by atoms with Crippen LogP contribution in [0.2, 0.25) is 0 Å². The first-order valence-corrected chi connectivity index (χ1v) is 3.38. The largest absolute Gasteiger partial charge is 0.287 e. The van der Waals surface area contributed by atoms with Crippen molar-refractivity contribution >= 4 is 5.71 Å². The Morgan fingerprint density at radius 1 is 1.36 bits per heavy atom. The average Bonchev–Trinajstić information content (AvgIpc) is 1.79. The molecular formula is C8H13F2N. The lowest BCUT2D eigenvalue weighted by molar-refractivity contribution is 0.101. The number of halogens is 2. The standard InChI is InChI=1S/C8H13F2N/c1-6(2)5-7(11-4)8(3,9)10/h5H,1-4H3. The number of aliphatic imine (C=N–C) groups is 1. The minimum Gasteiger partial charge on any atom is -0.287 e. The highest BCUT2D eigenvalue weighted by molar-refractivity contribution is 6.00. The molecule has 0 aromatic rings. The summed E-state index contributed by atoms with van der Waals surface area (Å²) in [5.74, 6) is -2.83. The molecule has 0 bridgehead atoms. The van der Waals surface area contributed by atoms with Crippen molar-refractivity contribution in [3.63, 3.8) is 0 Å². The molecule has 0 radical (unpaired) electrons. The van der Waals surface area contributed by atoms with Crippen molar-refractivity contribution in [1.29, 1.82) is 0 Å². The lowest BCUT2D eigenvalue weighted by Crippen LogP contribution is -2.22. The Kier molecular flexibility index (Phi) is 3.36. The highest BCUT2D eigenvalue weighted by Crippen LogP contribution is 2.15. The molecule has 0 amide bonds. The van der Waals surface area contributed by atoms with Crippen molar-refractivity contribution < 1.29 is 8.78 Å². The van der Waals surface area contributed by atoms with Gasteiger partial charge in [0.1, 0.15) is 5.71 Å². The van der Waals surface area contributed by atoms with E-state index >= 15 is 0 Å². The van der Waals surface area contributed by atoms with E-state index < -0.39 is 5.92 Å². The van der Waals surface area contributed by atoms with Gasteiger partial charge < -0.3 is 0 Å². The SMILES string of the molecule is CN=C(C=C(C)C)C(C)(F)F. The summed E-state index contributed by atoms with van der Waals surface area (Å²) in [4.78, 5) is 3.49. The van der Waals surface area contributed by atoms with Crippen LogP contribution < -0.4 is 0 Å². The summed E-state index contributed by atoms with van der Waals surface area (Å²) in [6.07, 6.45) is 1.39. The van der Waals surface area contributed by atoms with Crippen LogP contribution in [-0.4, -0.2) is 18.7 Å². The molecule has 0 fully saturated rings. The van der Waals surface area contributed by atoms with Crippen LogP contribution >= 0.6 is 0 Å². The van der Waals surface area contributed by atoms with E-state index in [1.165, 1.54) is 13.1 Å². The van der Waals surface area contributed by atoms with E-state index in [0.717, 1.165) is 12.5 Å². The van der Waals surface area contributed by atoms with Gasteiger partial charge in [-0.2, -0.15) is 8.78 Å². The molecule has 0 heterocycles. The molecule has 0 atom stereocenters. The van der Waals surface area contributed by atoms with Gasteiger partial charge in [0.15, 0.2) is 0 Å². The van der Waals surface area contributed by atoms with Crippen LogP contribution in [0.25, 0.3) is 0 Å². The minimum absolute atomic E-state index is 0.169. The highest BCUT2D eigenvalue weighted by atomic mass is 19.3. The van der Waals surface area contributed by atoms with Gasteiger partial charge in [-0.1, -0.05) is 5.57 Å². The molecule has 0 unspecified atom stereocenters.